The number of amides is 2. The number of nitrogens with one attached hydrogen (secondary N) is 1. The summed E-state index contributed by atoms with van der Waals surface area (Å²) in [5, 5.41) is 3.50. The Labute approximate surface area is 166 Å². The average Bonchev–Trinajstić information content (AvgIpc) is 3.52. The summed E-state index contributed by atoms with van der Waals surface area (Å²) in [6.45, 7) is 0. The van der Waals surface area contributed by atoms with E-state index in [9.17, 15) is 9.59 Å². The van der Waals surface area contributed by atoms with Gasteiger partial charge in [0.15, 0.2) is 0 Å². The molecular weight excluding hydrogens is 372 g/mol. The molecule has 0 saturated heterocycles. The molecule has 0 atom stereocenters. The predicted octanol–water partition coefficient (Wildman–Crippen LogP) is 2.61. The molecule has 2 amide bonds. The first-order chi connectivity index (χ1) is 14.0. The fourth-order valence-corrected chi connectivity index (χ4v) is 3.00. The van der Waals surface area contributed by atoms with E-state index in [1.54, 1.807) is 42.6 Å². The number of carbonyl (C=O) groups is 2. The maximum atomic E-state index is 12.2. The van der Waals surface area contributed by atoms with Crippen LogP contribution in [0.25, 0.3) is 10.9 Å². The van der Waals surface area contributed by atoms with Gasteiger partial charge in [-0.25, -0.2) is 0 Å². The molecule has 1 saturated carbocycles. The Hall–Kier alpha value is -3.81. The zero-order valence-corrected chi connectivity index (χ0v) is 15.8. The number of aromatic nitrogens is 1. The zero-order chi connectivity index (χ0) is 20.5. The van der Waals surface area contributed by atoms with Crippen LogP contribution < -0.4 is 26.3 Å². The lowest BCUT2D eigenvalue weighted by Gasteiger charge is -2.13. The summed E-state index contributed by atoms with van der Waals surface area (Å²) >= 11 is 0. The summed E-state index contributed by atoms with van der Waals surface area (Å²) in [5.41, 5.74) is 13.1. The number of hydrogen-bond donors (Lipinski definition) is 3. The molecule has 0 radical (unpaired) electrons. The summed E-state index contributed by atoms with van der Waals surface area (Å²) in [4.78, 5) is 28.2. The molecule has 8 nitrogen and oxygen atoms in total. The van der Waals surface area contributed by atoms with Gasteiger partial charge in [-0.3, -0.25) is 14.6 Å². The molecule has 0 bridgehead atoms. The first kappa shape index (κ1) is 18.5. The molecule has 0 aliphatic heterocycles. The molecule has 5 N–H and O–H groups in total. The Kier molecular flexibility index (Phi) is 4.67. The standard InChI is InChI=1S/C21H20N4O4/c1-28-19-10-16-13(9-14(19)20(23)26)17(6-7-24-16)29-18-5-2-11(8-15(18)22)21(27)25-12-3-4-12/h2,5-10,12H,3-4,22H2,1H3,(H2,23,26)(H,25,27). The normalized spacial score (nSPS) is 13.1. The molecule has 1 heterocycles. The van der Waals surface area contributed by atoms with Crippen LogP contribution in [0.2, 0.25) is 0 Å². The minimum Gasteiger partial charge on any atom is -0.496 e. The second kappa shape index (κ2) is 7.31. The minimum atomic E-state index is -0.621. The quantitative estimate of drug-likeness (QED) is 0.553. The Morgan fingerprint density at radius 3 is 2.55 bits per heavy atom. The van der Waals surface area contributed by atoms with Crippen molar-refractivity contribution in [1.29, 1.82) is 0 Å². The Morgan fingerprint density at radius 2 is 1.90 bits per heavy atom. The second-order valence-corrected chi connectivity index (χ2v) is 6.85. The van der Waals surface area contributed by atoms with Gasteiger partial charge < -0.3 is 26.3 Å². The van der Waals surface area contributed by atoms with Crippen molar-refractivity contribution in [1.82, 2.24) is 10.3 Å². The summed E-state index contributed by atoms with van der Waals surface area (Å²) in [5.74, 6) is 0.390. The van der Waals surface area contributed by atoms with Crippen LogP contribution in [0.3, 0.4) is 0 Å². The number of rotatable bonds is 6. The van der Waals surface area contributed by atoms with E-state index < -0.39 is 5.91 Å². The van der Waals surface area contributed by atoms with Gasteiger partial charge in [0.05, 0.1) is 23.9 Å². The zero-order valence-electron chi connectivity index (χ0n) is 15.8. The predicted molar refractivity (Wildman–Crippen MR) is 108 cm³/mol. The molecule has 4 rings (SSSR count). The molecule has 0 unspecified atom stereocenters. The second-order valence-electron chi connectivity index (χ2n) is 6.85. The summed E-state index contributed by atoms with van der Waals surface area (Å²) < 4.78 is 11.2. The van der Waals surface area contributed by atoms with Crippen molar-refractivity contribution in [2.45, 2.75) is 18.9 Å². The molecule has 3 aromatic rings. The lowest BCUT2D eigenvalue weighted by molar-refractivity contribution is 0.0949. The maximum Gasteiger partial charge on any atom is 0.252 e. The highest BCUT2D eigenvalue weighted by Gasteiger charge is 2.24. The van der Waals surface area contributed by atoms with Crippen molar-refractivity contribution in [2.24, 2.45) is 5.73 Å². The van der Waals surface area contributed by atoms with E-state index in [4.69, 9.17) is 20.9 Å². The fraction of sp³-hybridized carbons (Fsp3) is 0.190. The van der Waals surface area contributed by atoms with Crippen LogP contribution >= 0.6 is 0 Å². The number of primary amides is 1. The van der Waals surface area contributed by atoms with Crippen LogP contribution in [-0.4, -0.2) is 29.9 Å². The van der Waals surface area contributed by atoms with Gasteiger partial charge >= 0.3 is 0 Å². The molecule has 2 aromatic carbocycles. The third-order valence-corrected chi connectivity index (χ3v) is 4.69. The number of fused-ring (bicyclic) bond motifs is 1. The topological polar surface area (TPSA) is 130 Å². The molecule has 148 valence electrons. The van der Waals surface area contributed by atoms with Crippen molar-refractivity contribution in [2.75, 3.05) is 12.8 Å². The van der Waals surface area contributed by atoms with Crippen LogP contribution in [-0.2, 0) is 0 Å². The van der Waals surface area contributed by atoms with Crippen LogP contribution in [0, 0.1) is 0 Å². The van der Waals surface area contributed by atoms with E-state index in [2.05, 4.69) is 10.3 Å². The number of benzene rings is 2. The Balaban J connectivity index is 1.67. The van der Waals surface area contributed by atoms with Crippen LogP contribution in [0.4, 0.5) is 5.69 Å². The van der Waals surface area contributed by atoms with Gasteiger partial charge in [0, 0.05) is 29.3 Å². The van der Waals surface area contributed by atoms with Gasteiger partial charge in [-0.05, 0) is 43.2 Å². The van der Waals surface area contributed by atoms with Gasteiger partial charge in [-0.2, -0.15) is 0 Å². The summed E-state index contributed by atoms with van der Waals surface area (Å²) in [6.07, 6.45) is 3.60. The van der Waals surface area contributed by atoms with Crippen molar-refractivity contribution >= 4 is 28.4 Å². The number of nitrogens with two attached hydrogens (primary N) is 2. The SMILES string of the molecule is COc1cc2nccc(Oc3ccc(C(=O)NC4CC4)cc3N)c2cc1C(N)=O. The van der Waals surface area contributed by atoms with Gasteiger partial charge in [0.25, 0.3) is 11.8 Å². The number of anilines is 1. The number of pyridine rings is 1. The monoisotopic (exact) mass is 392 g/mol. The highest BCUT2D eigenvalue weighted by molar-refractivity contribution is 6.01. The van der Waals surface area contributed by atoms with Crippen LogP contribution in [0.15, 0.2) is 42.6 Å². The number of methoxy groups -OCH3 is 1. The highest BCUT2D eigenvalue weighted by atomic mass is 16.5. The van der Waals surface area contributed by atoms with Gasteiger partial charge in [0.2, 0.25) is 0 Å². The first-order valence-corrected chi connectivity index (χ1v) is 9.11. The number of ether oxygens (including phenoxy) is 2. The number of hydrogen-bond acceptors (Lipinski definition) is 6. The molecule has 1 aliphatic carbocycles. The van der Waals surface area contributed by atoms with Crippen LogP contribution in [0.5, 0.6) is 17.2 Å². The van der Waals surface area contributed by atoms with Crippen molar-refractivity contribution < 1.29 is 19.1 Å². The average molecular weight is 392 g/mol. The highest BCUT2D eigenvalue weighted by Crippen LogP contribution is 2.35. The van der Waals surface area contributed by atoms with E-state index in [0.29, 0.717) is 39.4 Å². The summed E-state index contributed by atoms with van der Waals surface area (Å²) in [7, 11) is 1.45. The molecule has 1 aromatic heterocycles. The maximum absolute atomic E-state index is 12.2. The molecule has 1 aliphatic rings. The van der Waals surface area contributed by atoms with Crippen molar-refractivity contribution in [3.05, 3.63) is 53.7 Å². The van der Waals surface area contributed by atoms with E-state index >= 15 is 0 Å². The van der Waals surface area contributed by atoms with Gasteiger partial charge in [0.1, 0.15) is 17.2 Å². The first-order valence-electron chi connectivity index (χ1n) is 9.11. The molecule has 29 heavy (non-hydrogen) atoms. The Morgan fingerprint density at radius 1 is 1.10 bits per heavy atom. The lowest BCUT2D eigenvalue weighted by Crippen LogP contribution is -2.25. The third kappa shape index (κ3) is 3.77. The number of carbonyl (C=O) groups excluding carboxylic acids is 2. The van der Waals surface area contributed by atoms with Gasteiger partial charge in [-0.1, -0.05) is 0 Å². The van der Waals surface area contributed by atoms with Crippen molar-refractivity contribution in [3.63, 3.8) is 0 Å². The fourth-order valence-electron chi connectivity index (χ4n) is 3.00. The molecule has 0 spiro atoms. The number of nitrogens with zero attached hydrogens (tertiary/aromatic N) is 1. The molecule has 1 fully saturated rings. The largest absolute Gasteiger partial charge is 0.496 e. The van der Waals surface area contributed by atoms with E-state index in [1.807, 2.05) is 0 Å². The van der Waals surface area contributed by atoms with E-state index in [1.165, 1.54) is 7.11 Å². The third-order valence-electron chi connectivity index (χ3n) is 4.69. The molecule has 8 heteroatoms. The van der Waals surface area contributed by atoms with Crippen LogP contribution in [0.1, 0.15) is 33.6 Å². The van der Waals surface area contributed by atoms with E-state index in [-0.39, 0.29) is 17.5 Å². The number of nitrogen functional groups attached to an aromatic ring is 1. The molecular formula is C21H20N4O4. The van der Waals surface area contributed by atoms with Gasteiger partial charge in [-0.15, -0.1) is 0 Å². The smallest absolute Gasteiger partial charge is 0.252 e. The van der Waals surface area contributed by atoms with E-state index in [0.717, 1.165) is 12.8 Å². The van der Waals surface area contributed by atoms with Crippen molar-refractivity contribution in [3.8, 4) is 17.2 Å². The Bertz CT molecular complexity index is 1130. The minimum absolute atomic E-state index is 0.154. The lowest BCUT2D eigenvalue weighted by atomic mass is 10.1. The summed E-state index contributed by atoms with van der Waals surface area (Å²) in [6, 6.07) is 10.00.